The van der Waals surface area contributed by atoms with Crippen LogP contribution >= 0.6 is 11.8 Å². The fourth-order valence-electron chi connectivity index (χ4n) is 2.46. The fourth-order valence-corrected chi connectivity index (χ4v) is 3.70. The number of rotatable bonds is 7. The van der Waals surface area contributed by atoms with Gasteiger partial charge in [-0.25, -0.2) is 0 Å². The first-order chi connectivity index (χ1) is 8.61. The zero-order chi connectivity index (χ0) is 13.4. The lowest BCUT2D eigenvalue weighted by Crippen LogP contribution is -2.34. The Morgan fingerprint density at radius 1 is 1.44 bits per heavy atom. The number of nitrogens with two attached hydrogens (primary N) is 1. The monoisotopic (exact) mass is 272 g/mol. The molecular formula is C14H28N2OS. The van der Waals surface area contributed by atoms with Crippen molar-refractivity contribution in [3.05, 3.63) is 0 Å². The number of thioether (sulfide) groups is 1. The summed E-state index contributed by atoms with van der Waals surface area (Å²) in [6.07, 6.45) is 5.52. The van der Waals surface area contributed by atoms with Crippen LogP contribution in [0.1, 0.15) is 46.0 Å². The molecule has 0 saturated carbocycles. The third-order valence-electron chi connectivity index (χ3n) is 3.41. The van der Waals surface area contributed by atoms with Crippen LogP contribution in [0.5, 0.6) is 0 Å². The fraction of sp³-hybridized carbons (Fsp3) is 0.929. The minimum Gasteiger partial charge on any atom is -0.355 e. The lowest BCUT2D eigenvalue weighted by atomic mass is 9.94. The molecule has 0 aromatic heterocycles. The number of amides is 1. The van der Waals surface area contributed by atoms with Crippen LogP contribution in [-0.2, 0) is 4.79 Å². The topological polar surface area (TPSA) is 55.1 Å². The molecular weight excluding hydrogens is 244 g/mol. The number of hydrogen-bond donors (Lipinski definition) is 2. The number of carbonyl (C=O) groups is 1. The van der Waals surface area contributed by atoms with Gasteiger partial charge >= 0.3 is 0 Å². The van der Waals surface area contributed by atoms with Crippen LogP contribution < -0.4 is 11.1 Å². The molecule has 4 heteroatoms. The largest absolute Gasteiger partial charge is 0.355 e. The summed E-state index contributed by atoms with van der Waals surface area (Å²) in [5.41, 5.74) is 5.72. The second kappa shape index (κ2) is 8.81. The Labute approximate surface area is 116 Å². The van der Waals surface area contributed by atoms with Crippen molar-refractivity contribution >= 4 is 17.7 Å². The molecule has 0 aromatic carbocycles. The Bertz CT molecular complexity index is 240. The molecule has 2 atom stereocenters. The molecule has 1 amide bonds. The standard InChI is InChI=1S/C14H28N2OS/c1-11(2)7-12(9-15)8-14(17)16-10-13-5-3-4-6-18-13/h11-13H,3-10,15H2,1-2H3,(H,16,17). The lowest BCUT2D eigenvalue weighted by molar-refractivity contribution is -0.122. The molecule has 106 valence electrons. The van der Waals surface area contributed by atoms with E-state index in [-0.39, 0.29) is 5.91 Å². The van der Waals surface area contributed by atoms with Crippen LogP contribution in [0, 0.1) is 11.8 Å². The molecule has 3 N–H and O–H groups in total. The van der Waals surface area contributed by atoms with Gasteiger partial charge in [0.25, 0.3) is 0 Å². The van der Waals surface area contributed by atoms with Gasteiger partial charge in [0.1, 0.15) is 0 Å². The van der Waals surface area contributed by atoms with Gasteiger partial charge in [-0.2, -0.15) is 11.8 Å². The van der Waals surface area contributed by atoms with Crippen LogP contribution in [0.25, 0.3) is 0 Å². The third-order valence-corrected chi connectivity index (χ3v) is 4.81. The van der Waals surface area contributed by atoms with Gasteiger partial charge in [0.05, 0.1) is 0 Å². The second-order valence-corrected chi connectivity index (χ2v) is 7.14. The first-order valence-electron chi connectivity index (χ1n) is 7.20. The van der Waals surface area contributed by atoms with Crippen molar-refractivity contribution < 1.29 is 4.79 Å². The van der Waals surface area contributed by atoms with E-state index in [4.69, 9.17) is 5.73 Å². The summed E-state index contributed by atoms with van der Waals surface area (Å²) in [5, 5.41) is 3.70. The predicted molar refractivity (Wildman–Crippen MR) is 79.7 cm³/mol. The first kappa shape index (κ1) is 15.8. The SMILES string of the molecule is CC(C)CC(CN)CC(=O)NCC1CCCCS1. The first-order valence-corrected chi connectivity index (χ1v) is 8.25. The van der Waals surface area contributed by atoms with E-state index >= 15 is 0 Å². The van der Waals surface area contributed by atoms with Gasteiger partial charge in [-0.3, -0.25) is 4.79 Å². The Morgan fingerprint density at radius 2 is 2.22 bits per heavy atom. The molecule has 3 nitrogen and oxygen atoms in total. The quantitative estimate of drug-likeness (QED) is 0.748. The van der Waals surface area contributed by atoms with Crippen molar-refractivity contribution in [2.45, 2.75) is 51.2 Å². The maximum absolute atomic E-state index is 11.9. The van der Waals surface area contributed by atoms with Crippen LogP contribution in [-0.4, -0.2) is 30.0 Å². The van der Waals surface area contributed by atoms with Gasteiger partial charge in [0.2, 0.25) is 5.91 Å². The highest BCUT2D eigenvalue weighted by Gasteiger charge is 2.17. The van der Waals surface area contributed by atoms with Gasteiger partial charge in [0, 0.05) is 18.2 Å². The van der Waals surface area contributed by atoms with Crippen LogP contribution in [0.3, 0.4) is 0 Å². The van der Waals surface area contributed by atoms with Gasteiger partial charge in [-0.05, 0) is 43.4 Å². The maximum Gasteiger partial charge on any atom is 0.220 e. The second-order valence-electron chi connectivity index (χ2n) is 5.73. The van der Waals surface area contributed by atoms with Crippen molar-refractivity contribution in [3.63, 3.8) is 0 Å². The Balaban J connectivity index is 2.18. The molecule has 1 saturated heterocycles. The average molecular weight is 272 g/mol. The van der Waals surface area contributed by atoms with Gasteiger partial charge in [-0.15, -0.1) is 0 Å². The number of hydrogen-bond acceptors (Lipinski definition) is 3. The van der Waals surface area contributed by atoms with E-state index in [2.05, 4.69) is 19.2 Å². The van der Waals surface area contributed by atoms with E-state index in [0.29, 0.717) is 30.1 Å². The molecule has 0 aliphatic carbocycles. The van der Waals surface area contributed by atoms with Crippen LogP contribution in [0.4, 0.5) is 0 Å². The average Bonchev–Trinajstić information content (AvgIpc) is 2.36. The third kappa shape index (κ3) is 6.64. The van der Waals surface area contributed by atoms with E-state index in [0.717, 1.165) is 13.0 Å². The van der Waals surface area contributed by atoms with E-state index in [1.807, 2.05) is 11.8 Å². The molecule has 0 bridgehead atoms. The summed E-state index contributed by atoms with van der Waals surface area (Å²) in [5.74, 6) is 2.38. The van der Waals surface area contributed by atoms with Crippen LogP contribution in [0.15, 0.2) is 0 Å². The van der Waals surface area contributed by atoms with Crippen molar-refractivity contribution in [1.82, 2.24) is 5.32 Å². The smallest absolute Gasteiger partial charge is 0.220 e. The van der Waals surface area contributed by atoms with Crippen molar-refractivity contribution in [2.24, 2.45) is 17.6 Å². The highest BCUT2D eigenvalue weighted by Crippen LogP contribution is 2.24. The number of nitrogens with one attached hydrogen (secondary N) is 1. The molecule has 18 heavy (non-hydrogen) atoms. The summed E-state index contributed by atoms with van der Waals surface area (Å²) >= 11 is 2.00. The van der Waals surface area contributed by atoms with Crippen molar-refractivity contribution in [2.75, 3.05) is 18.8 Å². The van der Waals surface area contributed by atoms with Gasteiger partial charge in [0.15, 0.2) is 0 Å². The van der Waals surface area contributed by atoms with E-state index < -0.39 is 0 Å². The lowest BCUT2D eigenvalue weighted by Gasteiger charge is -2.22. The number of carbonyl (C=O) groups excluding carboxylic acids is 1. The minimum atomic E-state index is 0.178. The molecule has 2 unspecified atom stereocenters. The highest BCUT2D eigenvalue weighted by molar-refractivity contribution is 7.99. The Hall–Kier alpha value is -0.220. The molecule has 1 heterocycles. The zero-order valence-corrected chi connectivity index (χ0v) is 12.6. The Kier molecular flexibility index (Phi) is 7.75. The highest BCUT2D eigenvalue weighted by atomic mass is 32.2. The summed E-state index contributed by atoms with van der Waals surface area (Å²) in [6, 6.07) is 0. The molecule has 1 rings (SSSR count). The summed E-state index contributed by atoms with van der Waals surface area (Å²) in [6.45, 7) is 5.81. The molecule has 0 aromatic rings. The molecule has 0 radical (unpaired) electrons. The molecule has 1 aliphatic rings. The van der Waals surface area contributed by atoms with E-state index in [1.165, 1.54) is 25.0 Å². The molecule has 1 fully saturated rings. The molecule has 0 spiro atoms. The van der Waals surface area contributed by atoms with Gasteiger partial charge < -0.3 is 11.1 Å². The van der Waals surface area contributed by atoms with Crippen molar-refractivity contribution in [3.8, 4) is 0 Å². The maximum atomic E-state index is 11.9. The van der Waals surface area contributed by atoms with Gasteiger partial charge in [-0.1, -0.05) is 20.3 Å². The summed E-state index contributed by atoms with van der Waals surface area (Å²) in [4.78, 5) is 11.9. The van der Waals surface area contributed by atoms with E-state index in [9.17, 15) is 4.79 Å². The normalized spacial score (nSPS) is 21.9. The Morgan fingerprint density at radius 3 is 2.78 bits per heavy atom. The summed E-state index contributed by atoms with van der Waals surface area (Å²) < 4.78 is 0. The predicted octanol–water partition coefficient (Wildman–Crippen LogP) is 2.40. The van der Waals surface area contributed by atoms with E-state index in [1.54, 1.807) is 0 Å². The minimum absolute atomic E-state index is 0.178. The zero-order valence-electron chi connectivity index (χ0n) is 11.8. The van der Waals surface area contributed by atoms with Crippen LogP contribution in [0.2, 0.25) is 0 Å². The van der Waals surface area contributed by atoms with Crippen molar-refractivity contribution in [1.29, 1.82) is 0 Å². The summed E-state index contributed by atoms with van der Waals surface area (Å²) in [7, 11) is 0. The molecule has 1 aliphatic heterocycles.